The van der Waals surface area contributed by atoms with Crippen molar-refractivity contribution in [1.82, 2.24) is 0 Å². The maximum atomic E-state index is 8.75. The second kappa shape index (κ2) is 3.30. The van der Waals surface area contributed by atoms with Crippen molar-refractivity contribution >= 4 is 28.9 Å². The van der Waals surface area contributed by atoms with Gasteiger partial charge >= 0.3 is 0 Å². The molecule has 0 aliphatic carbocycles. The zero-order valence-corrected chi connectivity index (χ0v) is 7.15. The van der Waals surface area contributed by atoms with Gasteiger partial charge < -0.3 is 10.8 Å². The van der Waals surface area contributed by atoms with Crippen LogP contribution in [0.2, 0.25) is 10.0 Å². The lowest BCUT2D eigenvalue weighted by atomic mass is 10.2. The first kappa shape index (κ1) is 8.65. The Labute approximate surface area is 74.5 Å². The van der Waals surface area contributed by atoms with E-state index in [0.717, 1.165) is 0 Å². The Hall–Kier alpha value is -0.440. The number of nitrogen functional groups attached to an aromatic ring is 1. The monoisotopic (exact) mass is 191 g/mol. The summed E-state index contributed by atoms with van der Waals surface area (Å²) >= 11 is 11.3. The third-order valence-corrected chi connectivity index (χ3v) is 2.07. The zero-order valence-electron chi connectivity index (χ0n) is 5.64. The molecule has 0 unspecified atom stereocenters. The molecular formula is C7H7Cl2NO. The highest BCUT2D eigenvalue weighted by Crippen LogP contribution is 2.27. The molecule has 0 aromatic heterocycles. The summed E-state index contributed by atoms with van der Waals surface area (Å²) in [6, 6.07) is 3.08. The molecule has 0 amide bonds. The molecule has 60 valence electrons. The number of aliphatic hydroxyl groups is 1. The van der Waals surface area contributed by atoms with E-state index in [4.69, 9.17) is 34.0 Å². The van der Waals surface area contributed by atoms with Crippen molar-refractivity contribution < 1.29 is 5.11 Å². The first-order chi connectivity index (χ1) is 5.15. The van der Waals surface area contributed by atoms with Crippen LogP contribution in [0.4, 0.5) is 5.69 Å². The van der Waals surface area contributed by atoms with E-state index in [1.807, 2.05) is 0 Å². The SMILES string of the molecule is Nc1cc(Cl)c(Cl)cc1CO. The molecule has 3 N–H and O–H groups in total. The normalized spacial score (nSPS) is 10.1. The topological polar surface area (TPSA) is 46.2 Å². The van der Waals surface area contributed by atoms with E-state index in [1.165, 1.54) is 6.07 Å². The van der Waals surface area contributed by atoms with Crippen molar-refractivity contribution in [2.75, 3.05) is 5.73 Å². The molecule has 0 heterocycles. The summed E-state index contributed by atoms with van der Waals surface area (Å²) in [6.07, 6.45) is 0. The molecule has 0 spiro atoms. The van der Waals surface area contributed by atoms with Crippen LogP contribution < -0.4 is 5.73 Å². The summed E-state index contributed by atoms with van der Waals surface area (Å²) in [5.41, 5.74) is 6.55. The number of benzene rings is 1. The first-order valence-electron chi connectivity index (χ1n) is 2.99. The highest BCUT2D eigenvalue weighted by molar-refractivity contribution is 6.42. The summed E-state index contributed by atoms with van der Waals surface area (Å²) in [5, 5.41) is 9.56. The minimum atomic E-state index is -0.122. The van der Waals surface area contributed by atoms with Gasteiger partial charge in [-0.05, 0) is 12.1 Å². The van der Waals surface area contributed by atoms with E-state index in [9.17, 15) is 0 Å². The second-order valence-electron chi connectivity index (χ2n) is 2.12. The molecule has 0 aliphatic rings. The highest BCUT2D eigenvalue weighted by atomic mass is 35.5. The fourth-order valence-corrected chi connectivity index (χ4v) is 1.10. The molecule has 4 heteroatoms. The molecule has 1 aromatic carbocycles. The summed E-state index contributed by atoms with van der Waals surface area (Å²) < 4.78 is 0. The molecule has 0 aliphatic heterocycles. The van der Waals surface area contributed by atoms with E-state index in [0.29, 0.717) is 21.3 Å². The minimum absolute atomic E-state index is 0.122. The number of hydrogen-bond donors (Lipinski definition) is 2. The van der Waals surface area contributed by atoms with Gasteiger partial charge in [0.15, 0.2) is 0 Å². The zero-order chi connectivity index (χ0) is 8.43. The van der Waals surface area contributed by atoms with Crippen LogP contribution in [0.3, 0.4) is 0 Å². The fraction of sp³-hybridized carbons (Fsp3) is 0.143. The number of halogens is 2. The molecule has 0 fully saturated rings. The fourth-order valence-electron chi connectivity index (χ4n) is 0.740. The summed E-state index contributed by atoms with van der Waals surface area (Å²) in [7, 11) is 0. The Balaban J connectivity index is 3.21. The van der Waals surface area contributed by atoms with Crippen molar-refractivity contribution in [3.63, 3.8) is 0 Å². The Morgan fingerprint density at radius 2 is 1.82 bits per heavy atom. The van der Waals surface area contributed by atoms with Gasteiger partial charge in [0.05, 0.1) is 16.7 Å². The van der Waals surface area contributed by atoms with E-state index in [-0.39, 0.29) is 6.61 Å². The van der Waals surface area contributed by atoms with Crippen LogP contribution in [-0.4, -0.2) is 5.11 Å². The van der Waals surface area contributed by atoms with Crippen LogP contribution >= 0.6 is 23.2 Å². The molecule has 0 radical (unpaired) electrons. The Kier molecular flexibility index (Phi) is 2.60. The molecule has 0 atom stereocenters. The number of nitrogens with two attached hydrogens (primary N) is 1. The van der Waals surface area contributed by atoms with Gasteiger partial charge in [0.25, 0.3) is 0 Å². The Bertz CT molecular complexity index is 275. The Morgan fingerprint density at radius 1 is 1.27 bits per heavy atom. The van der Waals surface area contributed by atoms with Crippen molar-refractivity contribution in [2.24, 2.45) is 0 Å². The number of aliphatic hydroxyl groups excluding tert-OH is 1. The maximum Gasteiger partial charge on any atom is 0.0702 e. The van der Waals surface area contributed by atoms with E-state index in [1.54, 1.807) is 6.07 Å². The molecule has 1 rings (SSSR count). The smallest absolute Gasteiger partial charge is 0.0702 e. The summed E-state index contributed by atoms with van der Waals surface area (Å²) in [6.45, 7) is -0.122. The van der Waals surface area contributed by atoms with Crippen molar-refractivity contribution in [3.05, 3.63) is 27.7 Å². The molecule has 0 bridgehead atoms. The number of hydrogen-bond acceptors (Lipinski definition) is 2. The average molecular weight is 192 g/mol. The Morgan fingerprint density at radius 3 is 2.36 bits per heavy atom. The van der Waals surface area contributed by atoms with Crippen molar-refractivity contribution in [3.8, 4) is 0 Å². The van der Waals surface area contributed by atoms with Gasteiger partial charge in [-0.2, -0.15) is 0 Å². The summed E-state index contributed by atoms with van der Waals surface area (Å²) in [4.78, 5) is 0. The van der Waals surface area contributed by atoms with Crippen LogP contribution in [0.1, 0.15) is 5.56 Å². The quantitative estimate of drug-likeness (QED) is 0.669. The van der Waals surface area contributed by atoms with Gasteiger partial charge in [0.1, 0.15) is 0 Å². The van der Waals surface area contributed by atoms with Gasteiger partial charge in [-0.25, -0.2) is 0 Å². The molecular weight excluding hydrogens is 185 g/mol. The maximum absolute atomic E-state index is 8.75. The predicted octanol–water partition coefficient (Wildman–Crippen LogP) is 2.07. The van der Waals surface area contributed by atoms with Crippen molar-refractivity contribution in [2.45, 2.75) is 6.61 Å². The average Bonchev–Trinajstić information content (AvgIpc) is 1.97. The molecule has 2 nitrogen and oxygen atoms in total. The lowest BCUT2D eigenvalue weighted by Crippen LogP contribution is -1.93. The van der Waals surface area contributed by atoms with Crippen LogP contribution in [-0.2, 0) is 6.61 Å². The first-order valence-corrected chi connectivity index (χ1v) is 3.75. The van der Waals surface area contributed by atoms with Gasteiger partial charge in [0.2, 0.25) is 0 Å². The number of rotatable bonds is 1. The third-order valence-electron chi connectivity index (χ3n) is 1.35. The predicted molar refractivity (Wildman–Crippen MR) is 46.8 cm³/mol. The molecule has 1 aromatic rings. The molecule has 11 heavy (non-hydrogen) atoms. The second-order valence-corrected chi connectivity index (χ2v) is 2.94. The standard InChI is InChI=1S/C7H7Cl2NO/c8-5-1-4(3-11)7(10)2-6(5)9/h1-2,11H,3,10H2. The van der Waals surface area contributed by atoms with Crippen LogP contribution in [0.15, 0.2) is 12.1 Å². The van der Waals surface area contributed by atoms with E-state index in [2.05, 4.69) is 0 Å². The minimum Gasteiger partial charge on any atom is -0.398 e. The van der Waals surface area contributed by atoms with Crippen molar-refractivity contribution in [1.29, 1.82) is 0 Å². The third kappa shape index (κ3) is 1.77. The van der Waals surface area contributed by atoms with Gasteiger partial charge in [-0.15, -0.1) is 0 Å². The molecule has 0 saturated carbocycles. The highest BCUT2D eigenvalue weighted by Gasteiger charge is 2.02. The summed E-state index contributed by atoms with van der Waals surface area (Å²) in [5.74, 6) is 0. The van der Waals surface area contributed by atoms with E-state index < -0.39 is 0 Å². The van der Waals surface area contributed by atoms with E-state index >= 15 is 0 Å². The van der Waals surface area contributed by atoms with Gasteiger partial charge in [-0.1, -0.05) is 23.2 Å². The van der Waals surface area contributed by atoms with Crippen LogP contribution in [0.5, 0.6) is 0 Å². The largest absolute Gasteiger partial charge is 0.398 e. The van der Waals surface area contributed by atoms with Gasteiger partial charge in [0, 0.05) is 11.3 Å². The lowest BCUT2D eigenvalue weighted by molar-refractivity contribution is 0.282. The van der Waals surface area contributed by atoms with Crippen LogP contribution in [0.25, 0.3) is 0 Å². The molecule has 0 saturated heterocycles. The van der Waals surface area contributed by atoms with Gasteiger partial charge in [-0.3, -0.25) is 0 Å². The lowest BCUT2D eigenvalue weighted by Gasteiger charge is -2.03. The van der Waals surface area contributed by atoms with Crippen LogP contribution in [0, 0.1) is 0 Å². The number of anilines is 1.